The van der Waals surface area contributed by atoms with Crippen molar-refractivity contribution in [2.75, 3.05) is 6.54 Å². The molecule has 0 bridgehead atoms. The minimum Gasteiger partial charge on any atom is -0.351 e. The highest BCUT2D eigenvalue weighted by molar-refractivity contribution is 5.96. The lowest BCUT2D eigenvalue weighted by Crippen LogP contribution is -2.28. The largest absolute Gasteiger partial charge is 0.351 e. The predicted octanol–water partition coefficient (Wildman–Crippen LogP) is 0.799. The van der Waals surface area contributed by atoms with E-state index in [1.807, 2.05) is 31.7 Å². The van der Waals surface area contributed by atoms with Crippen LogP contribution in [0.1, 0.15) is 27.6 Å². The van der Waals surface area contributed by atoms with E-state index in [1.54, 1.807) is 6.20 Å². The molecule has 2 aromatic rings. The van der Waals surface area contributed by atoms with Crippen LogP contribution in [0.2, 0.25) is 0 Å². The summed E-state index contributed by atoms with van der Waals surface area (Å²) in [5.41, 5.74) is 1.95. The standard InChI is InChI=1S/C13H17N5O/c1-9-12(10(2)17-8-16-9)13(19)15-5-4-11-14-6-7-18(11)3/h6-8H,4-5H2,1-3H3,(H,15,19). The molecule has 0 unspecified atom stereocenters. The third kappa shape index (κ3) is 2.96. The summed E-state index contributed by atoms with van der Waals surface area (Å²) in [6.45, 7) is 4.15. The smallest absolute Gasteiger partial charge is 0.254 e. The van der Waals surface area contributed by atoms with E-state index in [9.17, 15) is 4.79 Å². The van der Waals surface area contributed by atoms with Crippen LogP contribution in [-0.4, -0.2) is 32.0 Å². The minimum absolute atomic E-state index is 0.134. The number of aryl methyl sites for hydroxylation is 3. The highest BCUT2D eigenvalue weighted by Gasteiger charge is 2.13. The Labute approximate surface area is 111 Å². The Morgan fingerprint density at radius 1 is 1.26 bits per heavy atom. The van der Waals surface area contributed by atoms with E-state index in [0.29, 0.717) is 29.9 Å². The van der Waals surface area contributed by atoms with E-state index in [4.69, 9.17) is 0 Å². The Morgan fingerprint density at radius 3 is 2.53 bits per heavy atom. The number of aromatic nitrogens is 4. The van der Waals surface area contributed by atoms with Gasteiger partial charge in [0.1, 0.15) is 12.2 Å². The van der Waals surface area contributed by atoms with Crippen LogP contribution in [0.25, 0.3) is 0 Å². The average Bonchev–Trinajstić information content (AvgIpc) is 2.75. The number of rotatable bonds is 4. The van der Waals surface area contributed by atoms with E-state index in [2.05, 4.69) is 20.3 Å². The van der Waals surface area contributed by atoms with Crippen molar-refractivity contribution >= 4 is 5.91 Å². The van der Waals surface area contributed by atoms with E-state index in [-0.39, 0.29) is 5.91 Å². The first kappa shape index (κ1) is 13.2. The van der Waals surface area contributed by atoms with Gasteiger partial charge in [-0.2, -0.15) is 0 Å². The maximum absolute atomic E-state index is 12.1. The number of hydrogen-bond donors (Lipinski definition) is 1. The second-order valence-corrected chi connectivity index (χ2v) is 4.38. The maximum Gasteiger partial charge on any atom is 0.254 e. The summed E-state index contributed by atoms with van der Waals surface area (Å²) in [7, 11) is 1.93. The average molecular weight is 259 g/mol. The highest BCUT2D eigenvalue weighted by atomic mass is 16.1. The fourth-order valence-corrected chi connectivity index (χ4v) is 1.94. The van der Waals surface area contributed by atoms with Crippen molar-refractivity contribution in [3.05, 3.63) is 41.5 Å². The third-order valence-corrected chi connectivity index (χ3v) is 3.01. The van der Waals surface area contributed by atoms with Gasteiger partial charge < -0.3 is 9.88 Å². The van der Waals surface area contributed by atoms with Crippen molar-refractivity contribution < 1.29 is 4.79 Å². The van der Waals surface area contributed by atoms with Gasteiger partial charge in [0.2, 0.25) is 0 Å². The van der Waals surface area contributed by atoms with Crippen LogP contribution in [0.3, 0.4) is 0 Å². The molecule has 1 amide bonds. The van der Waals surface area contributed by atoms with Crippen molar-refractivity contribution in [2.24, 2.45) is 7.05 Å². The molecule has 0 aromatic carbocycles. The Morgan fingerprint density at radius 2 is 1.95 bits per heavy atom. The molecule has 0 saturated heterocycles. The van der Waals surface area contributed by atoms with Gasteiger partial charge >= 0.3 is 0 Å². The molecule has 0 fully saturated rings. The highest BCUT2D eigenvalue weighted by Crippen LogP contribution is 2.07. The van der Waals surface area contributed by atoms with Gasteiger partial charge in [0, 0.05) is 32.4 Å². The lowest BCUT2D eigenvalue weighted by molar-refractivity contribution is 0.0951. The molecule has 0 atom stereocenters. The first-order valence-electron chi connectivity index (χ1n) is 6.12. The number of carbonyl (C=O) groups excluding carboxylic acids is 1. The van der Waals surface area contributed by atoms with Crippen molar-refractivity contribution in [2.45, 2.75) is 20.3 Å². The van der Waals surface area contributed by atoms with Crippen molar-refractivity contribution in [1.29, 1.82) is 0 Å². The van der Waals surface area contributed by atoms with Crippen LogP contribution in [-0.2, 0) is 13.5 Å². The molecule has 1 N–H and O–H groups in total. The van der Waals surface area contributed by atoms with Gasteiger partial charge in [0.15, 0.2) is 0 Å². The zero-order chi connectivity index (χ0) is 13.8. The van der Waals surface area contributed by atoms with Gasteiger partial charge in [0.25, 0.3) is 5.91 Å². The predicted molar refractivity (Wildman–Crippen MR) is 70.8 cm³/mol. The van der Waals surface area contributed by atoms with Crippen LogP contribution < -0.4 is 5.32 Å². The normalized spacial score (nSPS) is 10.5. The van der Waals surface area contributed by atoms with Crippen LogP contribution in [0, 0.1) is 13.8 Å². The minimum atomic E-state index is -0.134. The number of carbonyl (C=O) groups is 1. The first-order chi connectivity index (χ1) is 9.09. The fraction of sp³-hybridized carbons (Fsp3) is 0.385. The Balaban J connectivity index is 1.97. The Hall–Kier alpha value is -2.24. The molecule has 6 nitrogen and oxygen atoms in total. The summed E-state index contributed by atoms with van der Waals surface area (Å²) in [6.07, 6.45) is 5.79. The molecule has 0 aliphatic rings. The van der Waals surface area contributed by atoms with E-state index >= 15 is 0 Å². The molecular formula is C13H17N5O. The van der Waals surface area contributed by atoms with Gasteiger partial charge in [-0.1, -0.05) is 0 Å². The number of hydrogen-bond acceptors (Lipinski definition) is 4. The molecular weight excluding hydrogens is 242 g/mol. The summed E-state index contributed by atoms with van der Waals surface area (Å²) < 4.78 is 1.94. The van der Waals surface area contributed by atoms with Gasteiger partial charge in [-0.15, -0.1) is 0 Å². The molecule has 0 aliphatic heterocycles. The van der Waals surface area contributed by atoms with Gasteiger partial charge in [-0.25, -0.2) is 15.0 Å². The summed E-state index contributed by atoms with van der Waals surface area (Å²) in [4.78, 5) is 24.4. The molecule has 100 valence electrons. The van der Waals surface area contributed by atoms with Crippen LogP contribution in [0.4, 0.5) is 0 Å². The zero-order valence-electron chi connectivity index (χ0n) is 11.3. The van der Waals surface area contributed by atoms with Crippen LogP contribution in [0.15, 0.2) is 18.7 Å². The Bertz CT molecular complexity index is 570. The molecule has 2 rings (SSSR count). The maximum atomic E-state index is 12.1. The fourth-order valence-electron chi connectivity index (χ4n) is 1.94. The molecule has 0 saturated carbocycles. The van der Waals surface area contributed by atoms with Crippen molar-refractivity contribution in [3.8, 4) is 0 Å². The number of nitrogens with one attached hydrogen (secondary N) is 1. The molecule has 2 heterocycles. The number of imidazole rings is 1. The Kier molecular flexibility index (Phi) is 3.89. The van der Waals surface area contributed by atoms with Gasteiger partial charge in [-0.3, -0.25) is 4.79 Å². The molecule has 2 aromatic heterocycles. The first-order valence-corrected chi connectivity index (χ1v) is 6.12. The van der Waals surface area contributed by atoms with E-state index < -0.39 is 0 Å². The number of nitrogens with zero attached hydrogens (tertiary/aromatic N) is 4. The molecule has 19 heavy (non-hydrogen) atoms. The summed E-state index contributed by atoms with van der Waals surface area (Å²) >= 11 is 0. The van der Waals surface area contributed by atoms with Crippen molar-refractivity contribution in [1.82, 2.24) is 24.8 Å². The SMILES string of the molecule is Cc1ncnc(C)c1C(=O)NCCc1nccn1C. The number of amides is 1. The monoisotopic (exact) mass is 259 g/mol. The second-order valence-electron chi connectivity index (χ2n) is 4.38. The lowest BCUT2D eigenvalue weighted by atomic mass is 10.1. The molecule has 0 spiro atoms. The molecule has 0 radical (unpaired) electrons. The molecule has 0 aliphatic carbocycles. The van der Waals surface area contributed by atoms with Crippen LogP contribution in [0.5, 0.6) is 0 Å². The lowest BCUT2D eigenvalue weighted by Gasteiger charge is -2.08. The summed E-state index contributed by atoms with van der Waals surface area (Å²) in [5.74, 6) is 0.808. The van der Waals surface area contributed by atoms with Crippen molar-refractivity contribution in [3.63, 3.8) is 0 Å². The van der Waals surface area contributed by atoms with Gasteiger partial charge in [0.05, 0.1) is 17.0 Å². The second kappa shape index (κ2) is 5.60. The quantitative estimate of drug-likeness (QED) is 0.881. The summed E-state index contributed by atoms with van der Waals surface area (Å²) in [6, 6.07) is 0. The zero-order valence-corrected chi connectivity index (χ0v) is 11.3. The van der Waals surface area contributed by atoms with Gasteiger partial charge in [-0.05, 0) is 13.8 Å². The topological polar surface area (TPSA) is 72.7 Å². The van der Waals surface area contributed by atoms with Crippen LogP contribution >= 0.6 is 0 Å². The van der Waals surface area contributed by atoms with E-state index in [1.165, 1.54) is 6.33 Å². The molecule has 6 heteroatoms. The van der Waals surface area contributed by atoms with E-state index in [0.717, 1.165) is 5.82 Å². The summed E-state index contributed by atoms with van der Waals surface area (Å²) in [5, 5.41) is 2.87. The third-order valence-electron chi connectivity index (χ3n) is 3.01.